The molecule has 6 nitrogen and oxygen atoms in total. The van der Waals surface area contributed by atoms with Gasteiger partial charge in [-0.15, -0.1) is 0 Å². The maximum absolute atomic E-state index is 13.6. The number of nitrogens with two attached hydrogens (primary N) is 1. The number of aromatic nitrogens is 2. The normalized spacial score (nSPS) is 14.9. The lowest BCUT2D eigenvalue weighted by atomic mass is 9.98. The number of halogens is 5. The number of carboxylic acid groups (broad SMARTS) is 1. The third-order valence-electron chi connectivity index (χ3n) is 4.23. The molecule has 2 atom stereocenters. The summed E-state index contributed by atoms with van der Waals surface area (Å²) in [6, 6.07) is 3.54. The Morgan fingerprint density at radius 1 is 1.20 bits per heavy atom. The van der Waals surface area contributed by atoms with E-state index in [1.54, 1.807) is 12.1 Å². The molecule has 1 heterocycles. The molecule has 0 radical (unpaired) electrons. The fourth-order valence-corrected chi connectivity index (χ4v) is 4.02. The van der Waals surface area contributed by atoms with Crippen molar-refractivity contribution >= 4 is 40.9 Å². The SMILES string of the molecule is N[C@@H](CCSCCC(O)(c1ncc(-c2ccc(Cl)cc2Cl)cn1)C(F)(F)F)C(=O)O. The van der Waals surface area contributed by atoms with Gasteiger partial charge in [-0.3, -0.25) is 4.79 Å². The number of aliphatic hydroxyl groups is 1. The summed E-state index contributed by atoms with van der Waals surface area (Å²) in [6.45, 7) is 0. The Bertz CT molecular complexity index is 887. The van der Waals surface area contributed by atoms with Crippen LogP contribution in [0.3, 0.4) is 0 Å². The molecule has 0 aliphatic rings. The number of carboxylic acids is 1. The Hall–Kier alpha value is -1.59. The van der Waals surface area contributed by atoms with Crippen LogP contribution in [0, 0.1) is 0 Å². The summed E-state index contributed by atoms with van der Waals surface area (Å²) in [6.07, 6.45) is -3.33. The lowest BCUT2D eigenvalue weighted by molar-refractivity contribution is -0.270. The zero-order valence-electron chi connectivity index (χ0n) is 15.4. The second kappa shape index (κ2) is 10.1. The second-order valence-corrected chi connectivity index (χ2v) is 8.44. The van der Waals surface area contributed by atoms with Gasteiger partial charge in [-0.25, -0.2) is 9.97 Å². The highest BCUT2D eigenvalue weighted by Gasteiger charge is 2.56. The standard InChI is InChI=1S/C18H18Cl2F3N3O3S/c19-11-1-2-12(13(20)7-11)10-8-25-16(26-9-10)17(29,18(21,22)23)4-6-30-5-3-14(24)15(27)28/h1-2,7-9,14,29H,3-6,24H2,(H,27,28)/t14-,17?/m0/s1. The van der Waals surface area contributed by atoms with E-state index in [0.29, 0.717) is 16.1 Å². The molecule has 0 aliphatic heterocycles. The van der Waals surface area contributed by atoms with Crippen LogP contribution in [0.2, 0.25) is 10.0 Å². The molecule has 0 saturated carbocycles. The van der Waals surface area contributed by atoms with Crippen LogP contribution in [-0.2, 0) is 10.4 Å². The first kappa shape index (κ1) is 24.7. The summed E-state index contributed by atoms with van der Waals surface area (Å²) < 4.78 is 40.8. The van der Waals surface area contributed by atoms with Gasteiger partial charge in [-0.1, -0.05) is 29.3 Å². The second-order valence-electron chi connectivity index (χ2n) is 6.37. The fraction of sp³-hybridized carbons (Fsp3) is 0.389. The number of aliphatic carboxylic acids is 1. The van der Waals surface area contributed by atoms with Crippen molar-refractivity contribution in [1.82, 2.24) is 9.97 Å². The topological polar surface area (TPSA) is 109 Å². The maximum atomic E-state index is 13.6. The molecule has 2 rings (SSSR count). The average Bonchev–Trinajstić information content (AvgIpc) is 2.66. The summed E-state index contributed by atoms with van der Waals surface area (Å²) in [5.74, 6) is -1.84. The van der Waals surface area contributed by atoms with Gasteiger partial charge in [0.2, 0.25) is 5.60 Å². The van der Waals surface area contributed by atoms with Gasteiger partial charge in [0.1, 0.15) is 6.04 Å². The molecule has 12 heteroatoms. The van der Waals surface area contributed by atoms with E-state index >= 15 is 0 Å². The maximum Gasteiger partial charge on any atom is 0.424 e. The molecule has 4 N–H and O–H groups in total. The van der Waals surface area contributed by atoms with Crippen LogP contribution in [0.1, 0.15) is 18.7 Å². The highest BCUT2D eigenvalue weighted by atomic mass is 35.5. The van der Waals surface area contributed by atoms with Crippen LogP contribution < -0.4 is 5.73 Å². The number of alkyl halides is 3. The van der Waals surface area contributed by atoms with Crippen molar-refractivity contribution in [3.8, 4) is 11.1 Å². The lowest BCUT2D eigenvalue weighted by Crippen LogP contribution is -2.44. The summed E-state index contributed by atoms with van der Waals surface area (Å²) in [5.41, 5.74) is 2.94. The highest BCUT2D eigenvalue weighted by Crippen LogP contribution is 2.41. The molecular formula is C18H18Cl2F3N3O3S. The largest absolute Gasteiger partial charge is 0.480 e. The minimum atomic E-state index is -5.01. The molecule has 1 unspecified atom stereocenters. The Morgan fingerprint density at radius 2 is 1.83 bits per heavy atom. The van der Waals surface area contributed by atoms with Crippen molar-refractivity contribution in [2.75, 3.05) is 11.5 Å². The lowest BCUT2D eigenvalue weighted by Gasteiger charge is -2.29. The van der Waals surface area contributed by atoms with Gasteiger partial charge < -0.3 is 15.9 Å². The van der Waals surface area contributed by atoms with Gasteiger partial charge in [0.05, 0.1) is 0 Å². The van der Waals surface area contributed by atoms with E-state index in [1.165, 1.54) is 6.07 Å². The van der Waals surface area contributed by atoms with Gasteiger partial charge in [0, 0.05) is 40.0 Å². The van der Waals surface area contributed by atoms with Crippen molar-refractivity contribution in [2.24, 2.45) is 5.73 Å². The Labute approximate surface area is 184 Å². The van der Waals surface area contributed by atoms with Crippen LogP contribution in [0.15, 0.2) is 30.6 Å². The minimum absolute atomic E-state index is 0.0947. The molecule has 0 bridgehead atoms. The van der Waals surface area contributed by atoms with Crippen molar-refractivity contribution in [2.45, 2.75) is 30.7 Å². The molecule has 30 heavy (non-hydrogen) atoms. The number of carbonyl (C=O) groups is 1. The number of benzene rings is 1. The summed E-state index contributed by atoms with van der Waals surface area (Å²) >= 11 is 13.0. The van der Waals surface area contributed by atoms with E-state index in [9.17, 15) is 23.1 Å². The van der Waals surface area contributed by atoms with E-state index < -0.39 is 36.0 Å². The van der Waals surface area contributed by atoms with Gasteiger partial charge in [0.25, 0.3) is 0 Å². The van der Waals surface area contributed by atoms with Crippen LogP contribution in [-0.4, -0.2) is 49.9 Å². The summed E-state index contributed by atoms with van der Waals surface area (Å²) in [4.78, 5) is 18.1. The quantitative estimate of drug-likeness (QED) is 0.460. The summed E-state index contributed by atoms with van der Waals surface area (Å²) in [5, 5.41) is 19.7. The molecule has 1 aromatic carbocycles. The van der Waals surface area contributed by atoms with Gasteiger partial charge in [0.15, 0.2) is 5.82 Å². The molecule has 0 amide bonds. The third kappa shape index (κ3) is 5.98. The minimum Gasteiger partial charge on any atom is -0.480 e. The average molecular weight is 484 g/mol. The zero-order valence-corrected chi connectivity index (χ0v) is 17.7. The Morgan fingerprint density at radius 3 is 2.37 bits per heavy atom. The van der Waals surface area contributed by atoms with Crippen molar-refractivity contribution in [3.05, 3.63) is 46.5 Å². The number of nitrogens with zero attached hydrogens (tertiary/aromatic N) is 2. The van der Waals surface area contributed by atoms with Crippen molar-refractivity contribution in [3.63, 3.8) is 0 Å². The van der Waals surface area contributed by atoms with Gasteiger partial charge >= 0.3 is 12.1 Å². The van der Waals surface area contributed by atoms with E-state index in [-0.39, 0.29) is 22.9 Å². The number of hydrogen-bond acceptors (Lipinski definition) is 6. The number of hydrogen-bond donors (Lipinski definition) is 3. The monoisotopic (exact) mass is 483 g/mol. The first-order chi connectivity index (χ1) is 14.0. The predicted molar refractivity (Wildman–Crippen MR) is 110 cm³/mol. The number of thioether (sulfide) groups is 1. The zero-order chi connectivity index (χ0) is 22.5. The molecule has 0 fully saturated rings. The molecule has 164 valence electrons. The van der Waals surface area contributed by atoms with Crippen LogP contribution in [0.25, 0.3) is 11.1 Å². The van der Waals surface area contributed by atoms with Crippen LogP contribution >= 0.6 is 35.0 Å². The van der Waals surface area contributed by atoms with Crippen LogP contribution in [0.5, 0.6) is 0 Å². The molecule has 1 aromatic heterocycles. The smallest absolute Gasteiger partial charge is 0.424 e. The van der Waals surface area contributed by atoms with Gasteiger partial charge in [-0.2, -0.15) is 24.9 Å². The Kier molecular flexibility index (Phi) is 8.35. The molecule has 0 aliphatic carbocycles. The Balaban J connectivity index is 2.13. The van der Waals surface area contributed by atoms with E-state index in [2.05, 4.69) is 9.97 Å². The van der Waals surface area contributed by atoms with Crippen molar-refractivity contribution < 1.29 is 28.2 Å². The molecule has 2 aromatic rings. The highest BCUT2D eigenvalue weighted by molar-refractivity contribution is 7.99. The summed E-state index contributed by atoms with van der Waals surface area (Å²) in [7, 11) is 0. The van der Waals surface area contributed by atoms with E-state index in [0.717, 1.165) is 24.2 Å². The van der Waals surface area contributed by atoms with Gasteiger partial charge in [-0.05, 0) is 30.1 Å². The van der Waals surface area contributed by atoms with E-state index in [1.807, 2.05) is 0 Å². The third-order valence-corrected chi connectivity index (χ3v) is 5.80. The number of rotatable bonds is 9. The predicted octanol–water partition coefficient (Wildman–Crippen LogP) is 4.13. The first-order valence-corrected chi connectivity index (χ1v) is 10.5. The molecule has 0 saturated heterocycles. The first-order valence-electron chi connectivity index (χ1n) is 8.59. The fourth-order valence-electron chi connectivity index (χ4n) is 2.44. The van der Waals surface area contributed by atoms with E-state index in [4.69, 9.17) is 34.0 Å². The molecule has 0 spiro atoms. The van der Waals surface area contributed by atoms with Crippen LogP contribution in [0.4, 0.5) is 13.2 Å². The molecular weight excluding hydrogens is 466 g/mol. The van der Waals surface area contributed by atoms with Crippen molar-refractivity contribution in [1.29, 1.82) is 0 Å².